The third kappa shape index (κ3) is 3.48. The fraction of sp³-hybridized carbons (Fsp3) is 1.00. The number of aliphatic hydroxyl groups is 1. The highest BCUT2D eigenvalue weighted by Crippen LogP contribution is 2.30. The zero-order valence-corrected chi connectivity index (χ0v) is 8.07. The topological polar surface area (TPSA) is 20.2 Å². The van der Waals surface area contributed by atoms with Crippen LogP contribution in [0.3, 0.4) is 0 Å². The van der Waals surface area contributed by atoms with E-state index in [4.69, 9.17) is 5.11 Å². The van der Waals surface area contributed by atoms with Crippen LogP contribution in [0.4, 0.5) is 0 Å². The molecule has 0 aromatic heterocycles. The van der Waals surface area contributed by atoms with Crippen molar-refractivity contribution in [2.24, 2.45) is 0 Å². The van der Waals surface area contributed by atoms with E-state index in [1.165, 1.54) is 32.1 Å². The second-order valence-electron chi connectivity index (χ2n) is 3.39. The molecule has 2 heteroatoms. The molecule has 0 bridgehead atoms. The van der Waals surface area contributed by atoms with Crippen molar-refractivity contribution in [2.45, 2.75) is 49.5 Å². The molecule has 11 heavy (non-hydrogen) atoms. The Hall–Kier alpha value is 0.310. The molecule has 0 radical (unpaired) electrons. The minimum absolute atomic E-state index is 0.334. The highest BCUT2D eigenvalue weighted by molar-refractivity contribution is 8.00. The van der Waals surface area contributed by atoms with E-state index in [0.29, 0.717) is 11.9 Å². The van der Waals surface area contributed by atoms with Crippen LogP contribution in [0.1, 0.15) is 39.0 Å². The summed E-state index contributed by atoms with van der Waals surface area (Å²) in [4.78, 5) is 0. The molecule has 0 aliphatic heterocycles. The maximum absolute atomic E-state index is 8.84. The first-order valence-corrected chi connectivity index (χ1v) is 5.53. The van der Waals surface area contributed by atoms with E-state index >= 15 is 0 Å². The van der Waals surface area contributed by atoms with Crippen molar-refractivity contribution in [1.82, 2.24) is 0 Å². The molecular weight excluding hydrogens is 156 g/mol. The molecule has 0 amide bonds. The molecule has 1 nitrogen and oxygen atoms in total. The van der Waals surface area contributed by atoms with Gasteiger partial charge in [0.25, 0.3) is 0 Å². The first-order chi connectivity index (χ1) is 5.33. The highest BCUT2D eigenvalue weighted by atomic mass is 32.2. The Morgan fingerprint density at radius 2 is 2.00 bits per heavy atom. The summed E-state index contributed by atoms with van der Waals surface area (Å²) in [6.45, 7) is 2.44. The van der Waals surface area contributed by atoms with E-state index in [-0.39, 0.29) is 0 Å². The second-order valence-corrected chi connectivity index (χ2v) is 5.13. The van der Waals surface area contributed by atoms with Crippen LogP contribution in [-0.2, 0) is 0 Å². The highest BCUT2D eigenvalue weighted by Gasteiger charge is 2.15. The molecule has 1 unspecified atom stereocenters. The normalized spacial score (nSPS) is 23.5. The molecule has 0 heterocycles. The molecular formula is C9H18OS. The fourth-order valence-corrected chi connectivity index (χ4v) is 2.92. The van der Waals surface area contributed by atoms with Crippen molar-refractivity contribution in [3.05, 3.63) is 0 Å². The number of rotatable bonds is 3. The molecule has 1 N–H and O–H groups in total. The third-order valence-corrected chi connectivity index (χ3v) is 3.70. The maximum Gasteiger partial charge on any atom is 0.0547 e. The van der Waals surface area contributed by atoms with Crippen molar-refractivity contribution in [3.8, 4) is 0 Å². The van der Waals surface area contributed by atoms with E-state index in [1.807, 2.05) is 11.8 Å². The molecule has 0 aromatic carbocycles. The lowest BCUT2D eigenvalue weighted by atomic mass is 10.0. The van der Waals surface area contributed by atoms with Crippen molar-refractivity contribution in [2.75, 3.05) is 6.61 Å². The van der Waals surface area contributed by atoms with Crippen molar-refractivity contribution in [1.29, 1.82) is 0 Å². The third-order valence-electron chi connectivity index (χ3n) is 2.23. The SMILES string of the molecule is CC(CO)SC1CCCCC1. The zero-order chi connectivity index (χ0) is 8.10. The quantitative estimate of drug-likeness (QED) is 0.709. The van der Waals surface area contributed by atoms with Gasteiger partial charge >= 0.3 is 0 Å². The molecule has 1 fully saturated rings. The van der Waals surface area contributed by atoms with E-state index in [0.717, 1.165) is 5.25 Å². The standard InChI is InChI=1S/C9H18OS/c1-8(7-10)11-9-5-3-2-4-6-9/h8-10H,2-7H2,1H3. The molecule has 1 rings (SSSR count). The predicted molar refractivity (Wildman–Crippen MR) is 51.0 cm³/mol. The van der Waals surface area contributed by atoms with Crippen LogP contribution in [-0.4, -0.2) is 22.2 Å². The minimum atomic E-state index is 0.334. The number of aliphatic hydroxyl groups excluding tert-OH is 1. The van der Waals surface area contributed by atoms with Gasteiger partial charge in [0.05, 0.1) is 6.61 Å². The molecule has 1 aliphatic carbocycles. The summed E-state index contributed by atoms with van der Waals surface area (Å²) in [5, 5.41) is 10.1. The lowest BCUT2D eigenvalue weighted by Gasteiger charge is -2.23. The van der Waals surface area contributed by atoms with Gasteiger partial charge in [-0.15, -0.1) is 0 Å². The summed E-state index contributed by atoms with van der Waals surface area (Å²) in [5.74, 6) is 0. The lowest BCUT2D eigenvalue weighted by molar-refractivity contribution is 0.299. The van der Waals surface area contributed by atoms with Crippen LogP contribution in [0.25, 0.3) is 0 Å². The van der Waals surface area contributed by atoms with Gasteiger partial charge in [-0.3, -0.25) is 0 Å². The summed E-state index contributed by atoms with van der Waals surface area (Å²) >= 11 is 1.97. The van der Waals surface area contributed by atoms with Crippen LogP contribution in [0.2, 0.25) is 0 Å². The Morgan fingerprint density at radius 3 is 2.55 bits per heavy atom. The first kappa shape index (κ1) is 9.40. The van der Waals surface area contributed by atoms with Gasteiger partial charge in [0, 0.05) is 10.5 Å². The van der Waals surface area contributed by atoms with Gasteiger partial charge in [-0.25, -0.2) is 0 Å². The fourth-order valence-electron chi connectivity index (χ4n) is 1.57. The number of hydrogen-bond acceptors (Lipinski definition) is 2. The summed E-state index contributed by atoms with van der Waals surface area (Å²) in [5.41, 5.74) is 0. The lowest BCUT2D eigenvalue weighted by Crippen LogP contribution is -2.14. The van der Waals surface area contributed by atoms with Crippen molar-refractivity contribution in [3.63, 3.8) is 0 Å². The van der Waals surface area contributed by atoms with Gasteiger partial charge < -0.3 is 5.11 Å². The van der Waals surface area contributed by atoms with Crippen molar-refractivity contribution >= 4 is 11.8 Å². The molecule has 0 aromatic rings. The average molecular weight is 174 g/mol. The molecule has 66 valence electrons. The van der Waals surface area contributed by atoms with Gasteiger partial charge in [-0.05, 0) is 12.8 Å². The predicted octanol–water partition coefficient (Wildman–Crippen LogP) is 2.43. The van der Waals surface area contributed by atoms with Gasteiger partial charge in [0.15, 0.2) is 0 Å². The maximum atomic E-state index is 8.84. The van der Waals surface area contributed by atoms with Crippen LogP contribution >= 0.6 is 11.8 Å². The summed E-state index contributed by atoms with van der Waals surface area (Å²) < 4.78 is 0. The van der Waals surface area contributed by atoms with E-state index < -0.39 is 0 Å². The molecule has 1 atom stereocenters. The minimum Gasteiger partial charge on any atom is -0.395 e. The monoisotopic (exact) mass is 174 g/mol. The Labute approximate surface area is 73.6 Å². The van der Waals surface area contributed by atoms with Crippen LogP contribution in [0.5, 0.6) is 0 Å². The Kier molecular flexibility index (Phi) is 4.31. The Morgan fingerprint density at radius 1 is 1.36 bits per heavy atom. The van der Waals surface area contributed by atoms with Crippen LogP contribution < -0.4 is 0 Å². The van der Waals surface area contributed by atoms with E-state index in [9.17, 15) is 0 Å². The smallest absolute Gasteiger partial charge is 0.0547 e. The molecule has 0 saturated heterocycles. The summed E-state index contributed by atoms with van der Waals surface area (Å²) in [6.07, 6.45) is 6.96. The van der Waals surface area contributed by atoms with Gasteiger partial charge in [0.2, 0.25) is 0 Å². The summed E-state index contributed by atoms with van der Waals surface area (Å²) in [7, 11) is 0. The number of hydrogen-bond donors (Lipinski definition) is 1. The van der Waals surface area contributed by atoms with E-state index in [2.05, 4.69) is 6.92 Å². The first-order valence-electron chi connectivity index (χ1n) is 4.59. The molecule has 0 spiro atoms. The van der Waals surface area contributed by atoms with Gasteiger partial charge in [0.1, 0.15) is 0 Å². The average Bonchev–Trinajstić information content (AvgIpc) is 2.06. The van der Waals surface area contributed by atoms with Crippen molar-refractivity contribution < 1.29 is 5.11 Å². The van der Waals surface area contributed by atoms with Crippen LogP contribution in [0.15, 0.2) is 0 Å². The summed E-state index contributed by atoms with van der Waals surface area (Å²) in [6, 6.07) is 0. The zero-order valence-electron chi connectivity index (χ0n) is 7.25. The largest absolute Gasteiger partial charge is 0.395 e. The van der Waals surface area contributed by atoms with Gasteiger partial charge in [-0.2, -0.15) is 11.8 Å². The van der Waals surface area contributed by atoms with E-state index in [1.54, 1.807) is 0 Å². The Bertz CT molecular complexity index is 99.7. The Balaban J connectivity index is 2.13. The van der Waals surface area contributed by atoms with Gasteiger partial charge in [-0.1, -0.05) is 26.2 Å². The molecule has 1 aliphatic rings. The van der Waals surface area contributed by atoms with Crippen LogP contribution in [0, 0.1) is 0 Å². The second kappa shape index (κ2) is 5.04. The molecule has 1 saturated carbocycles. The number of thioether (sulfide) groups is 1.